The summed E-state index contributed by atoms with van der Waals surface area (Å²) in [7, 11) is 0. The predicted octanol–water partition coefficient (Wildman–Crippen LogP) is -0.194. The van der Waals surface area contributed by atoms with Gasteiger partial charge in [-0.05, 0) is 48.7 Å². The van der Waals surface area contributed by atoms with Crippen LogP contribution in [-0.4, -0.2) is 78.5 Å². The Bertz CT molecular complexity index is 1120. The summed E-state index contributed by atoms with van der Waals surface area (Å²) in [5.74, 6) is -1.52. The number of ether oxygens (including phenoxy) is 1. The van der Waals surface area contributed by atoms with Gasteiger partial charge in [0.25, 0.3) is 11.8 Å². The van der Waals surface area contributed by atoms with Crippen molar-refractivity contribution in [3.05, 3.63) is 54.4 Å². The van der Waals surface area contributed by atoms with Crippen LogP contribution in [0.2, 0.25) is 0 Å². The minimum absolute atomic E-state index is 0.0353. The van der Waals surface area contributed by atoms with Crippen LogP contribution in [0.5, 0.6) is 0 Å². The second kappa shape index (κ2) is 12.2. The van der Waals surface area contributed by atoms with Crippen molar-refractivity contribution in [2.45, 2.75) is 31.5 Å². The van der Waals surface area contributed by atoms with E-state index in [0.717, 1.165) is 18.8 Å². The number of rotatable bonds is 9. The molecule has 6 N–H and O–H groups in total. The summed E-state index contributed by atoms with van der Waals surface area (Å²) < 4.78 is 5.39. The van der Waals surface area contributed by atoms with Crippen LogP contribution in [0, 0.1) is 0 Å². The molecule has 4 rings (SSSR count). The summed E-state index contributed by atoms with van der Waals surface area (Å²) in [6, 6.07) is 8.80. The number of aromatic nitrogens is 1. The number of pyridine rings is 1. The monoisotopic (exact) mass is 508 g/mol. The van der Waals surface area contributed by atoms with Gasteiger partial charge in [-0.2, -0.15) is 0 Å². The Hall–Kier alpha value is -4.19. The van der Waals surface area contributed by atoms with E-state index < -0.39 is 23.9 Å². The van der Waals surface area contributed by atoms with Crippen LogP contribution in [0.25, 0.3) is 0 Å². The van der Waals surface area contributed by atoms with Crippen LogP contribution >= 0.6 is 0 Å². The van der Waals surface area contributed by atoms with Crippen LogP contribution < -0.4 is 27.0 Å². The lowest BCUT2D eigenvalue weighted by atomic mass is 10.0. The van der Waals surface area contributed by atoms with E-state index in [1.807, 2.05) is 12.1 Å². The highest BCUT2D eigenvalue weighted by molar-refractivity contribution is 6.14. The topological polar surface area (TPSA) is 168 Å². The largest absolute Gasteiger partial charge is 0.378 e. The third-order valence-corrected chi connectivity index (χ3v) is 6.24. The molecule has 12 heteroatoms. The normalized spacial score (nSPS) is 19.8. The molecule has 2 fully saturated rings. The molecular formula is C25H32N8O4. The van der Waals surface area contributed by atoms with Crippen molar-refractivity contribution < 1.29 is 19.1 Å². The number of benzene rings is 1. The molecule has 2 aliphatic rings. The standard InChI is InChI=1S/C25H32N8O4/c26-25(27)29-10-2-4-20-24(36)33(16-17-3-1-9-28-15-17)21(23(35)31-20)22(34)30-18-5-7-19(8-6-18)32-11-13-37-14-12-32/h1,3,5-9,15,20-21H,2,4,10-14,16H2,(H,30,34)(H,31,35)(H4,26,27,29). The van der Waals surface area contributed by atoms with Gasteiger partial charge in [-0.3, -0.25) is 24.4 Å². The predicted molar refractivity (Wildman–Crippen MR) is 139 cm³/mol. The molecule has 0 bridgehead atoms. The van der Waals surface area contributed by atoms with Crippen molar-refractivity contribution in [1.29, 1.82) is 0 Å². The third kappa shape index (κ3) is 6.73. The van der Waals surface area contributed by atoms with Gasteiger partial charge in [0.2, 0.25) is 5.91 Å². The number of anilines is 2. The molecular weight excluding hydrogens is 476 g/mol. The lowest BCUT2D eigenvalue weighted by molar-refractivity contribution is -0.154. The van der Waals surface area contributed by atoms with Gasteiger partial charge in [-0.15, -0.1) is 0 Å². The Labute approximate surface area is 215 Å². The van der Waals surface area contributed by atoms with Crippen molar-refractivity contribution in [2.75, 3.05) is 43.1 Å². The van der Waals surface area contributed by atoms with Crippen LogP contribution in [-0.2, 0) is 25.7 Å². The maximum absolute atomic E-state index is 13.4. The number of nitrogens with zero attached hydrogens (tertiary/aromatic N) is 4. The van der Waals surface area contributed by atoms with Crippen molar-refractivity contribution in [2.24, 2.45) is 16.5 Å². The first-order chi connectivity index (χ1) is 17.9. The minimum Gasteiger partial charge on any atom is -0.378 e. The summed E-state index contributed by atoms with van der Waals surface area (Å²) in [4.78, 5) is 51.3. The average molecular weight is 509 g/mol. The molecule has 3 heterocycles. The Morgan fingerprint density at radius 2 is 1.92 bits per heavy atom. The number of amides is 3. The molecule has 0 spiro atoms. The first-order valence-electron chi connectivity index (χ1n) is 12.2. The third-order valence-electron chi connectivity index (χ3n) is 6.24. The van der Waals surface area contributed by atoms with Gasteiger partial charge >= 0.3 is 0 Å². The fourth-order valence-electron chi connectivity index (χ4n) is 4.39. The van der Waals surface area contributed by atoms with Crippen molar-refractivity contribution >= 4 is 35.1 Å². The summed E-state index contributed by atoms with van der Waals surface area (Å²) in [5.41, 5.74) is 13.0. The van der Waals surface area contributed by atoms with E-state index in [-0.39, 0.29) is 18.4 Å². The van der Waals surface area contributed by atoms with Gasteiger partial charge < -0.3 is 36.6 Å². The Morgan fingerprint density at radius 1 is 1.16 bits per heavy atom. The van der Waals surface area contributed by atoms with E-state index in [2.05, 4.69) is 25.5 Å². The van der Waals surface area contributed by atoms with E-state index in [9.17, 15) is 14.4 Å². The molecule has 37 heavy (non-hydrogen) atoms. The second-order valence-electron chi connectivity index (χ2n) is 8.88. The highest BCUT2D eigenvalue weighted by atomic mass is 16.5. The Balaban J connectivity index is 1.48. The van der Waals surface area contributed by atoms with E-state index in [1.54, 1.807) is 36.7 Å². The summed E-state index contributed by atoms with van der Waals surface area (Å²) in [6.45, 7) is 3.34. The molecule has 0 aliphatic carbocycles. The van der Waals surface area contributed by atoms with Gasteiger partial charge in [0.1, 0.15) is 6.04 Å². The lowest BCUT2D eigenvalue weighted by Crippen LogP contribution is -2.66. The zero-order chi connectivity index (χ0) is 26.2. The lowest BCUT2D eigenvalue weighted by Gasteiger charge is -2.38. The smallest absolute Gasteiger partial charge is 0.257 e. The SMILES string of the molecule is NC(N)=NCCCC1NC(=O)C(C(=O)Nc2ccc(N3CCOCC3)cc2)N(Cc2cccnc2)C1=O. The van der Waals surface area contributed by atoms with Gasteiger partial charge in [-0.1, -0.05) is 6.07 Å². The molecule has 2 aromatic rings. The number of carbonyl (C=O) groups excluding carboxylic acids is 3. The molecule has 0 radical (unpaired) electrons. The minimum atomic E-state index is -1.33. The van der Waals surface area contributed by atoms with E-state index in [4.69, 9.17) is 16.2 Å². The van der Waals surface area contributed by atoms with Crippen LogP contribution in [0.3, 0.4) is 0 Å². The molecule has 0 saturated carbocycles. The number of guanidine groups is 1. The summed E-state index contributed by atoms with van der Waals surface area (Å²) in [6.07, 6.45) is 4.04. The number of aliphatic imine (C=N–C) groups is 1. The van der Waals surface area contributed by atoms with E-state index in [1.165, 1.54) is 4.90 Å². The van der Waals surface area contributed by atoms with Crippen LogP contribution in [0.15, 0.2) is 53.8 Å². The molecule has 3 amide bonds. The van der Waals surface area contributed by atoms with Gasteiger partial charge in [0.15, 0.2) is 12.0 Å². The highest BCUT2D eigenvalue weighted by Crippen LogP contribution is 2.22. The Morgan fingerprint density at radius 3 is 2.59 bits per heavy atom. The summed E-state index contributed by atoms with van der Waals surface area (Å²) in [5, 5.41) is 5.49. The maximum atomic E-state index is 13.4. The van der Waals surface area contributed by atoms with Crippen molar-refractivity contribution in [3.63, 3.8) is 0 Å². The summed E-state index contributed by atoms with van der Waals surface area (Å²) >= 11 is 0. The fourth-order valence-corrected chi connectivity index (χ4v) is 4.39. The van der Waals surface area contributed by atoms with Crippen molar-refractivity contribution in [1.82, 2.24) is 15.2 Å². The quantitative estimate of drug-likeness (QED) is 0.156. The van der Waals surface area contributed by atoms with E-state index in [0.29, 0.717) is 43.9 Å². The molecule has 2 unspecified atom stereocenters. The number of piperazine rings is 1. The fraction of sp³-hybridized carbons (Fsp3) is 0.400. The maximum Gasteiger partial charge on any atom is 0.257 e. The van der Waals surface area contributed by atoms with E-state index >= 15 is 0 Å². The average Bonchev–Trinajstić information content (AvgIpc) is 2.90. The van der Waals surface area contributed by atoms with Gasteiger partial charge in [0.05, 0.1) is 13.2 Å². The van der Waals surface area contributed by atoms with Gasteiger partial charge in [0, 0.05) is 49.9 Å². The van der Waals surface area contributed by atoms with Gasteiger partial charge in [-0.25, -0.2) is 0 Å². The number of hydrogen-bond acceptors (Lipinski definition) is 7. The highest BCUT2D eigenvalue weighted by Gasteiger charge is 2.44. The molecule has 1 aromatic heterocycles. The molecule has 2 saturated heterocycles. The molecule has 12 nitrogen and oxygen atoms in total. The zero-order valence-corrected chi connectivity index (χ0v) is 20.5. The number of carbonyl (C=O) groups is 3. The van der Waals surface area contributed by atoms with Crippen LogP contribution in [0.4, 0.5) is 11.4 Å². The van der Waals surface area contributed by atoms with Crippen molar-refractivity contribution in [3.8, 4) is 0 Å². The molecule has 2 atom stereocenters. The van der Waals surface area contributed by atoms with Crippen LogP contribution in [0.1, 0.15) is 18.4 Å². The molecule has 196 valence electrons. The number of morpholine rings is 1. The molecule has 2 aliphatic heterocycles. The number of nitrogens with one attached hydrogen (secondary N) is 2. The Kier molecular flexibility index (Phi) is 8.52. The number of nitrogens with two attached hydrogens (primary N) is 2. The first-order valence-corrected chi connectivity index (χ1v) is 12.2. The number of hydrogen-bond donors (Lipinski definition) is 4. The second-order valence-corrected chi connectivity index (χ2v) is 8.88. The first kappa shape index (κ1) is 25.9. The zero-order valence-electron chi connectivity index (χ0n) is 20.5. The molecule has 1 aromatic carbocycles.